The SMILES string of the molecule is CC(C)CCCC[CH2][Zn][CH2]CCCCC(C)C. The molecular formula is C16H34Zn. The summed E-state index contributed by atoms with van der Waals surface area (Å²) in [4.78, 5) is 0. The summed E-state index contributed by atoms with van der Waals surface area (Å²) < 4.78 is 0. The molecule has 0 aliphatic carbocycles. The fourth-order valence-corrected chi connectivity index (χ4v) is 6.05. The molecule has 100 valence electrons. The fourth-order valence-electron chi connectivity index (χ4n) is 2.34. The summed E-state index contributed by atoms with van der Waals surface area (Å²) in [5, 5.41) is 3.32. The van der Waals surface area contributed by atoms with Crippen molar-refractivity contribution in [2.24, 2.45) is 11.8 Å². The van der Waals surface area contributed by atoms with Gasteiger partial charge in [-0.1, -0.05) is 0 Å². The van der Waals surface area contributed by atoms with Crippen LogP contribution in [0.3, 0.4) is 0 Å². The molecule has 0 aromatic heterocycles. The first-order chi connectivity index (χ1) is 8.13. The van der Waals surface area contributed by atoms with Gasteiger partial charge in [-0.05, 0) is 0 Å². The molecule has 0 saturated carbocycles. The molecule has 0 rings (SSSR count). The molecule has 0 saturated heterocycles. The Kier molecular flexibility index (Phi) is 13.5. The first-order valence-electron chi connectivity index (χ1n) is 8.13. The molecule has 0 nitrogen and oxygen atoms in total. The fraction of sp³-hybridized carbons (Fsp3) is 1.00. The zero-order chi connectivity index (χ0) is 12.9. The van der Waals surface area contributed by atoms with Crippen molar-refractivity contribution in [3.8, 4) is 0 Å². The van der Waals surface area contributed by atoms with Gasteiger partial charge >= 0.3 is 118 Å². The minimum absolute atomic E-state index is 0.0890. The third-order valence-corrected chi connectivity index (χ3v) is 7.76. The van der Waals surface area contributed by atoms with Gasteiger partial charge in [-0.25, -0.2) is 0 Å². The predicted molar refractivity (Wildman–Crippen MR) is 76.2 cm³/mol. The molecule has 0 spiro atoms. The second-order valence-corrected chi connectivity index (χ2v) is 11.0. The molecule has 0 unspecified atom stereocenters. The normalized spacial score (nSPS) is 11.2. The summed E-state index contributed by atoms with van der Waals surface area (Å²) in [5.74, 6) is 1.83. The van der Waals surface area contributed by atoms with Gasteiger partial charge in [0.1, 0.15) is 0 Å². The van der Waals surface area contributed by atoms with Gasteiger partial charge in [0.25, 0.3) is 0 Å². The Morgan fingerprint density at radius 1 is 0.588 bits per heavy atom. The van der Waals surface area contributed by atoms with Gasteiger partial charge in [-0.3, -0.25) is 0 Å². The number of hydrogen-bond acceptors (Lipinski definition) is 0. The third kappa shape index (κ3) is 16.6. The average molecular weight is 292 g/mol. The van der Waals surface area contributed by atoms with Crippen LogP contribution in [0.1, 0.15) is 79.1 Å². The van der Waals surface area contributed by atoms with Crippen molar-refractivity contribution in [3.05, 3.63) is 0 Å². The molecule has 0 aliphatic heterocycles. The standard InChI is InChI=1S/2C8H17.Zn/c2*1-4-5-6-7-8(2)3;/h2*8H,1,4-7H2,2-3H3;. The Labute approximate surface area is 118 Å². The van der Waals surface area contributed by atoms with Crippen LogP contribution in [0, 0.1) is 11.8 Å². The summed E-state index contributed by atoms with van der Waals surface area (Å²) >= 11 is -0.0890. The Hall–Kier alpha value is 0.623. The molecule has 1 heteroatoms. The van der Waals surface area contributed by atoms with Crippen molar-refractivity contribution in [1.29, 1.82) is 0 Å². The summed E-state index contributed by atoms with van der Waals surface area (Å²) in [6.07, 6.45) is 12.0. The van der Waals surface area contributed by atoms with Crippen molar-refractivity contribution in [2.75, 3.05) is 0 Å². The zero-order valence-corrected chi connectivity index (χ0v) is 15.9. The first-order valence-corrected chi connectivity index (χ1v) is 12.3. The van der Waals surface area contributed by atoms with E-state index in [2.05, 4.69) is 27.7 Å². The molecule has 17 heavy (non-hydrogen) atoms. The third-order valence-electron chi connectivity index (χ3n) is 3.56. The topological polar surface area (TPSA) is 0 Å². The maximum atomic E-state index is 2.34. The van der Waals surface area contributed by atoms with Gasteiger partial charge in [-0.15, -0.1) is 0 Å². The van der Waals surface area contributed by atoms with Gasteiger partial charge in [0, 0.05) is 0 Å². The van der Waals surface area contributed by atoms with E-state index in [0.717, 1.165) is 11.8 Å². The van der Waals surface area contributed by atoms with E-state index >= 15 is 0 Å². The summed E-state index contributed by atoms with van der Waals surface area (Å²) in [7, 11) is 0. The number of hydrogen-bond donors (Lipinski definition) is 0. The Morgan fingerprint density at radius 3 is 1.35 bits per heavy atom. The summed E-state index contributed by atoms with van der Waals surface area (Å²) in [5.41, 5.74) is 0. The molecule has 0 aromatic rings. The van der Waals surface area contributed by atoms with Gasteiger partial charge in [0.2, 0.25) is 0 Å². The van der Waals surface area contributed by atoms with E-state index in [4.69, 9.17) is 0 Å². The summed E-state index contributed by atoms with van der Waals surface area (Å²) in [6.45, 7) is 9.37. The predicted octanol–water partition coefficient (Wildman–Crippen LogP) is 6.34. The molecular weight excluding hydrogens is 258 g/mol. The van der Waals surface area contributed by atoms with E-state index in [1.54, 1.807) is 22.9 Å². The van der Waals surface area contributed by atoms with Gasteiger partial charge in [0.05, 0.1) is 0 Å². The van der Waals surface area contributed by atoms with Gasteiger partial charge < -0.3 is 0 Å². The number of rotatable bonds is 12. The van der Waals surface area contributed by atoms with Crippen molar-refractivity contribution < 1.29 is 17.1 Å². The molecule has 0 aromatic carbocycles. The molecule has 0 bridgehead atoms. The number of unbranched alkanes of at least 4 members (excludes halogenated alkanes) is 4. The zero-order valence-electron chi connectivity index (χ0n) is 12.9. The molecule has 0 N–H and O–H groups in total. The van der Waals surface area contributed by atoms with Crippen molar-refractivity contribution in [1.82, 2.24) is 0 Å². The van der Waals surface area contributed by atoms with Crippen molar-refractivity contribution in [2.45, 2.75) is 89.1 Å². The molecule has 0 heterocycles. The van der Waals surface area contributed by atoms with Gasteiger partial charge in [0.15, 0.2) is 0 Å². The van der Waals surface area contributed by atoms with E-state index in [9.17, 15) is 0 Å². The second-order valence-electron chi connectivity index (χ2n) is 6.55. The Balaban J connectivity index is 2.94. The van der Waals surface area contributed by atoms with Gasteiger partial charge in [-0.2, -0.15) is 0 Å². The molecule has 0 atom stereocenters. The van der Waals surface area contributed by atoms with E-state index in [0.29, 0.717) is 0 Å². The van der Waals surface area contributed by atoms with E-state index in [1.807, 2.05) is 0 Å². The monoisotopic (exact) mass is 290 g/mol. The molecule has 0 radical (unpaired) electrons. The van der Waals surface area contributed by atoms with Crippen LogP contribution < -0.4 is 0 Å². The van der Waals surface area contributed by atoms with E-state index in [1.165, 1.54) is 38.5 Å². The Bertz CT molecular complexity index is 124. The van der Waals surface area contributed by atoms with Crippen LogP contribution in [0.15, 0.2) is 0 Å². The minimum atomic E-state index is -0.0890. The van der Waals surface area contributed by atoms with E-state index in [-0.39, 0.29) is 17.1 Å². The van der Waals surface area contributed by atoms with Crippen LogP contribution in [0.5, 0.6) is 0 Å². The molecule has 0 fully saturated rings. The van der Waals surface area contributed by atoms with Crippen molar-refractivity contribution >= 4 is 0 Å². The maximum absolute atomic E-state index is 2.34. The van der Waals surface area contributed by atoms with Crippen LogP contribution in [-0.4, -0.2) is 0 Å². The first kappa shape index (κ1) is 17.6. The second kappa shape index (κ2) is 13.1. The summed E-state index contributed by atoms with van der Waals surface area (Å²) in [6, 6.07) is 0. The average Bonchev–Trinajstić information content (AvgIpc) is 2.25. The van der Waals surface area contributed by atoms with Crippen LogP contribution in [0.2, 0.25) is 10.0 Å². The van der Waals surface area contributed by atoms with E-state index < -0.39 is 0 Å². The Morgan fingerprint density at radius 2 is 1.00 bits per heavy atom. The quantitative estimate of drug-likeness (QED) is 0.291. The van der Waals surface area contributed by atoms with Crippen LogP contribution in [0.25, 0.3) is 0 Å². The van der Waals surface area contributed by atoms with Crippen molar-refractivity contribution in [3.63, 3.8) is 0 Å². The molecule has 0 amide bonds. The van der Waals surface area contributed by atoms with Crippen LogP contribution in [-0.2, 0) is 17.1 Å². The van der Waals surface area contributed by atoms with Crippen LogP contribution >= 0.6 is 0 Å². The van der Waals surface area contributed by atoms with Crippen LogP contribution in [0.4, 0.5) is 0 Å². The molecule has 0 aliphatic rings.